The summed E-state index contributed by atoms with van der Waals surface area (Å²) in [4.78, 5) is 28.8. The maximum atomic E-state index is 12.5. The first kappa shape index (κ1) is 21.1. The summed E-state index contributed by atoms with van der Waals surface area (Å²) in [5.74, 6) is 0.241. The first-order chi connectivity index (χ1) is 12.8. The standard InChI is InChI=1S/C21H34N4O2/c1-6-22-21(27)25(15(2)3)14-17-13-18(11-12-19(17)24(4)5)23-20(26)16-9-7-8-10-16/h11-13,15-16H,6-10,14H2,1-5H3,(H,22,27)(H,23,26). The van der Waals surface area contributed by atoms with E-state index in [1.165, 1.54) is 0 Å². The number of anilines is 2. The normalized spacial score (nSPS) is 14.3. The van der Waals surface area contributed by atoms with Crippen LogP contribution in [-0.4, -0.2) is 43.5 Å². The summed E-state index contributed by atoms with van der Waals surface area (Å²) in [6.45, 7) is 7.03. The van der Waals surface area contributed by atoms with Gasteiger partial charge in [0.1, 0.15) is 0 Å². The minimum atomic E-state index is -0.0717. The van der Waals surface area contributed by atoms with E-state index in [2.05, 4.69) is 10.6 Å². The van der Waals surface area contributed by atoms with Crippen LogP contribution in [0.25, 0.3) is 0 Å². The molecule has 0 radical (unpaired) electrons. The van der Waals surface area contributed by atoms with Gasteiger partial charge in [0.25, 0.3) is 0 Å². The molecule has 0 spiro atoms. The lowest BCUT2D eigenvalue weighted by atomic mass is 10.1. The Morgan fingerprint density at radius 1 is 1.19 bits per heavy atom. The van der Waals surface area contributed by atoms with Crippen molar-refractivity contribution in [3.8, 4) is 0 Å². The van der Waals surface area contributed by atoms with E-state index in [0.29, 0.717) is 13.1 Å². The van der Waals surface area contributed by atoms with Crippen LogP contribution in [0.2, 0.25) is 0 Å². The summed E-state index contributed by atoms with van der Waals surface area (Å²) >= 11 is 0. The Balaban J connectivity index is 2.23. The molecule has 27 heavy (non-hydrogen) atoms. The topological polar surface area (TPSA) is 64.7 Å². The number of carbonyl (C=O) groups excluding carboxylic acids is 2. The van der Waals surface area contributed by atoms with Crippen molar-refractivity contribution < 1.29 is 9.59 Å². The number of hydrogen-bond acceptors (Lipinski definition) is 3. The van der Waals surface area contributed by atoms with Gasteiger partial charge in [-0.2, -0.15) is 0 Å². The van der Waals surface area contributed by atoms with Crippen molar-refractivity contribution in [2.24, 2.45) is 5.92 Å². The molecule has 0 unspecified atom stereocenters. The fourth-order valence-electron chi connectivity index (χ4n) is 3.58. The average Bonchev–Trinajstić information content (AvgIpc) is 3.14. The summed E-state index contributed by atoms with van der Waals surface area (Å²) in [6.07, 6.45) is 4.23. The summed E-state index contributed by atoms with van der Waals surface area (Å²) in [7, 11) is 3.98. The highest BCUT2D eigenvalue weighted by Crippen LogP contribution is 2.28. The zero-order valence-electron chi connectivity index (χ0n) is 17.3. The molecule has 1 aromatic carbocycles. The Morgan fingerprint density at radius 2 is 1.85 bits per heavy atom. The fourth-order valence-corrected chi connectivity index (χ4v) is 3.58. The molecule has 3 amide bonds. The van der Waals surface area contributed by atoms with Gasteiger partial charge in [-0.1, -0.05) is 12.8 Å². The third-order valence-electron chi connectivity index (χ3n) is 5.11. The lowest BCUT2D eigenvalue weighted by molar-refractivity contribution is -0.119. The van der Waals surface area contributed by atoms with E-state index in [9.17, 15) is 9.59 Å². The van der Waals surface area contributed by atoms with E-state index < -0.39 is 0 Å². The van der Waals surface area contributed by atoms with Gasteiger partial charge in [-0.15, -0.1) is 0 Å². The first-order valence-corrected chi connectivity index (χ1v) is 9.99. The second-order valence-electron chi connectivity index (χ2n) is 7.77. The Kier molecular flexibility index (Phi) is 7.51. The quantitative estimate of drug-likeness (QED) is 0.762. The molecule has 0 saturated heterocycles. The minimum absolute atomic E-state index is 0.0717. The minimum Gasteiger partial charge on any atom is -0.377 e. The van der Waals surface area contributed by atoms with Crippen LogP contribution < -0.4 is 15.5 Å². The van der Waals surface area contributed by atoms with Crippen molar-refractivity contribution in [3.63, 3.8) is 0 Å². The van der Waals surface area contributed by atoms with Crippen molar-refractivity contribution in [1.82, 2.24) is 10.2 Å². The molecule has 1 fully saturated rings. The molecule has 0 aliphatic heterocycles. The molecule has 0 heterocycles. The van der Waals surface area contributed by atoms with Gasteiger partial charge in [-0.25, -0.2) is 4.79 Å². The number of urea groups is 1. The van der Waals surface area contributed by atoms with Gasteiger partial charge in [-0.3, -0.25) is 4.79 Å². The lowest BCUT2D eigenvalue weighted by Crippen LogP contribution is -2.43. The Bertz CT molecular complexity index is 652. The van der Waals surface area contributed by atoms with Crippen molar-refractivity contribution in [1.29, 1.82) is 0 Å². The number of nitrogens with one attached hydrogen (secondary N) is 2. The van der Waals surface area contributed by atoms with Gasteiger partial charge in [0.15, 0.2) is 0 Å². The summed E-state index contributed by atoms with van der Waals surface area (Å²) in [6, 6.07) is 5.95. The maximum absolute atomic E-state index is 12.5. The van der Waals surface area contributed by atoms with E-state index in [-0.39, 0.29) is 23.9 Å². The molecule has 1 aromatic rings. The molecular formula is C21H34N4O2. The molecule has 1 aliphatic rings. The summed E-state index contributed by atoms with van der Waals surface area (Å²) in [5, 5.41) is 5.95. The largest absolute Gasteiger partial charge is 0.377 e. The van der Waals surface area contributed by atoms with Crippen molar-refractivity contribution in [3.05, 3.63) is 23.8 Å². The molecule has 2 N–H and O–H groups in total. The number of amides is 3. The Hall–Kier alpha value is -2.24. The smallest absolute Gasteiger partial charge is 0.317 e. The zero-order chi connectivity index (χ0) is 20.0. The Labute approximate surface area is 163 Å². The van der Waals surface area contributed by atoms with Crippen LogP contribution in [0.1, 0.15) is 52.0 Å². The highest BCUT2D eigenvalue weighted by atomic mass is 16.2. The molecule has 0 atom stereocenters. The first-order valence-electron chi connectivity index (χ1n) is 9.99. The van der Waals surface area contributed by atoms with Gasteiger partial charge < -0.3 is 20.4 Å². The van der Waals surface area contributed by atoms with Gasteiger partial charge in [-0.05, 0) is 57.4 Å². The molecule has 1 aliphatic carbocycles. The molecule has 150 valence electrons. The van der Waals surface area contributed by atoms with Crippen LogP contribution in [0.15, 0.2) is 18.2 Å². The number of carbonyl (C=O) groups is 2. The summed E-state index contributed by atoms with van der Waals surface area (Å²) in [5.41, 5.74) is 2.86. The average molecular weight is 375 g/mol. The van der Waals surface area contributed by atoms with Crippen LogP contribution in [-0.2, 0) is 11.3 Å². The van der Waals surface area contributed by atoms with E-state index >= 15 is 0 Å². The lowest BCUT2D eigenvalue weighted by Gasteiger charge is -2.29. The molecule has 0 bridgehead atoms. The molecule has 6 heteroatoms. The third kappa shape index (κ3) is 5.62. The van der Waals surface area contributed by atoms with Crippen LogP contribution in [0.4, 0.5) is 16.2 Å². The van der Waals surface area contributed by atoms with Crippen molar-refractivity contribution in [2.75, 3.05) is 30.9 Å². The zero-order valence-corrected chi connectivity index (χ0v) is 17.3. The second kappa shape index (κ2) is 9.62. The molecule has 0 aromatic heterocycles. The van der Waals surface area contributed by atoms with Crippen LogP contribution in [0.5, 0.6) is 0 Å². The molecule has 2 rings (SSSR count). The summed E-state index contributed by atoms with van der Waals surface area (Å²) < 4.78 is 0. The monoisotopic (exact) mass is 374 g/mol. The maximum Gasteiger partial charge on any atom is 0.317 e. The van der Waals surface area contributed by atoms with Gasteiger partial charge >= 0.3 is 6.03 Å². The number of benzene rings is 1. The van der Waals surface area contributed by atoms with Crippen LogP contribution in [0.3, 0.4) is 0 Å². The second-order valence-corrected chi connectivity index (χ2v) is 7.77. The fraction of sp³-hybridized carbons (Fsp3) is 0.619. The van der Waals surface area contributed by atoms with Gasteiger partial charge in [0.05, 0.1) is 0 Å². The van der Waals surface area contributed by atoms with Gasteiger partial charge in [0, 0.05) is 50.5 Å². The van der Waals surface area contributed by atoms with Crippen molar-refractivity contribution >= 4 is 23.3 Å². The van der Waals surface area contributed by atoms with E-state index in [1.54, 1.807) is 0 Å². The van der Waals surface area contributed by atoms with Crippen LogP contribution >= 0.6 is 0 Å². The van der Waals surface area contributed by atoms with Gasteiger partial charge in [0.2, 0.25) is 5.91 Å². The highest BCUT2D eigenvalue weighted by molar-refractivity contribution is 5.93. The SMILES string of the molecule is CCNC(=O)N(Cc1cc(NC(=O)C2CCCC2)ccc1N(C)C)C(C)C. The van der Waals surface area contributed by atoms with E-state index in [1.807, 2.05) is 62.9 Å². The highest BCUT2D eigenvalue weighted by Gasteiger charge is 2.23. The Morgan fingerprint density at radius 3 is 2.41 bits per heavy atom. The van der Waals surface area contributed by atoms with Crippen molar-refractivity contribution in [2.45, 2.75) is 59.0 Å². The van der Waals surface area contributed by atoms with E-state index in [4.69, 9.17) is 0 Å². The predicted octanol–water partition coefficient (Wildman–Crippen LogP) is 3.82. The number of rotatable bonds is 7. The predicted molar refractivity (Wildman–Crippen MR) is 111 cm³/mol. The molecule has 1 saturated carbocycles. The van der Waals surface area contributed by atoms with Crippen LogP contribution in [0, 0.1) is 5.92 Å². The molecular weight excluding hydrogens is 340 g/mol. The number of hydrogen-bond donors (Lipinski definition) is 2. The molecule has 6 nitrogen and oxygen atoms in total. The third-order valence-corrected chi connectivity index (χ3v) is 5.11. The number of nitrogens with zero attached hydrogens (tertiary/aromatic N) is 2. The van der Waals surface area contributed by atoms with E-state index in [0.717, 1.165) is 42.6 Å².